The van der Waals surface area contributed by atoms with Gasteiger partial charge in [-0.15, -0.1) is 11.3 Å². The minimum Gasteiger partial charge on any atom is -0.506 e. The number of hydrogen-bond donors (Lipinski definition) is 1. The largest absolute Gasteiger partial charge is 0.506 e. The van der Waals surface area contributed by atoms with Crippen molar-refractivity contribution in [3.8, 4) is 5.75 Å². The summed E-state index contributed by atoms with van der Waals surface area (Å²) in [5.41, 5.74) is 0.598. The lowest BCUT2D eigenvalue weighted by molar-refractivity contribution is 0.112. The molecule has 2 nitrogen and oxygen atoms in total. The quantitative estimate of drug-likeness (QED) is 0.796. The number of phenolic OH excluding ortho intramolecular Hbond substituents is 1. The average Bonchev–Trinajstić information content (AvgIpc) is 2.51. The smallest absolute Gasteiger partial charge is 0.150 e. The molecule has 13 heavy (non-hydrogen) atoms. The zero-order valence-corrected chi connectivity index (χ0v) is 8.85. The van der Waals surface area contributed by atoms with Crippen LogP contribution in [0, 0.1) is 0 Å². The van der Waals surface area contributed by atoms with Crippen LogP contribution in [0.3, 0.4) is 0 Å². The maximum absolute atomic E-state index is 10.7. The van der Waals surface area contributed by atoms with Crippen LogP contribution in [-0.2, 0) is 0 Å². The summed E-state index contributed by atoms with van der Waals surface area (Å²) >= 11 is 4.75. The molecule has 0 spiro atoms. The van der Waals surface area contributed by atoms with E-state index < -0.39 is 0 Å². The van der Waals surface area contributed by atoms with Gasteiger partial charge in [0.05, 0.1) is 4.70 Å². The summed E-state index contributed by atoms with van der Waals surface area (Å²) < 4.78 is 1.60. The van der Waals surface area contributed by atoms with Crippen LogP contribution in [0.5, 0.6) is 5.75 Å². The number of hydrogen-bond acceptors (Lipinski definition) is 3. The molecule has 0 unspecified atom stereocenters. The van der Waals surface area contributed by atoms with Crippen LogP contribution >= 0.6 is 27.3 Å². The first-order valence-electron chi connectivity index (χ1n) is 3.58. The monoisotopic (exact) mass is 256 g/mol. The number of carbonyl (C=O) groups is 1. The Kier molecular flexibility index (Phi) is 2.09. The zero-order valence-electron chi connectivity index (χ0n) is 6.45. The Balaban J connectivity index is 2.96. The molecule has 1 aromatic carbocycles. The molecule has 0 atom stereocenters. The number of halogens is 1. The molecular formula is C9H5BrO2S. The highest BCUT2D eigenvalue weighted by atomic mass is 79.9. The second kappa shape index (κ2) is 3.12. The molecule has 1 aromatic heterocycles. The van der Waals surface area contributed by atoms with E-state index in [0.717, 1.165) is 20.8 Å². The van der Waals surface area contributed by atoms with E-state index in [0.29, 0.717) is 5.56 Å². The Morgan fingerprint density at radius 2 is 2.23 bits per heavy atom. The predicted molar refractivity (Wildman–Crippen MR) is 56.6 cm³/mol. The second-order valence-electron chi connectivity index (χ2n) is 2.58. The molecule has 2 aromatic rings. The van der Waals surface area contributed by atoms with Gasteiger partial charge in [-0.3, -0.25) is 4.79 Å². The third-order valence-electron chi connectivity index (χ3n) is 1.82. The Morgan fingerprint density at radius 1 is 1.46 bits per heavy atom. The Hall–Kier alpha value is -0.870. The van der Waals surface area contributed by atoms with Gasteiger partial charge in [-0.25, -0.2) is 0 Å². The normalized spacial score (nSPS) is 10.5. The molecule has 0 aliphatic rings. The highest BCUT2D eigenvalue weighted by Crippen LogP contribution is 2.37. The van der Waals surface area contributed by atoms with Crippen molar-refractivity contribution < 1.29 is 9.90 Å². The molecule has 0 saturated carbocycles. The van der Waals surface area contributed by atoms with Crippen LogP contribution < -0.4 is 0 Å². The van der Waals surface area contributed by atoms with Gasteiger partial charge in [-0.1, -0.05) is 0 Å². The first-order valence-corrected chi connectivity index (χ1v) is 5.25. The van der Waals surface area contributed by atoms with Crippen molar-refractivity contribution in [2.75, 3.05) is 0 Å². The third kappa shape index (κ3) is 1.26. The summed E-state index contributed by atoms with van der Waals surface area (Å²) in [5.74, 6) is 0.219. The number of phenols is 1. The number of benzene rings is 1. The molecular weight excluding hydrogens is 252 g/mol. The third-order valence-corrected chi connectivity index (χ3v) is 3.75. The highest BCUT2D eigenvalue weighted by molar-refractivity contribution is 9.10. The summed E-state index contributed by atoms with van der Waals surface area (Å²) in [6, 6.07) is 3.15. The molecule has 2 rings (SSSR count). The fraction of sp³-hybridized carbons (Fsp3) is 0. The fourth-order valence-corrected chi connectivity index (χ4v) is 2.93. The molecule has 1 N–H and O–H groups in total. The van der Waals surface area contributed by atoms with Gasteiger partial charge in [0.1, 0.15) is 5.75 Å². The molecule has 66 valence electrons. The zero-order chi connectivity index (χ0) is 9.42. The van der Waals surface area contributed by atoms with E-state index >= 15 is 0 Å². The molecule has 0 aliphatic heterocycles. The van der Waals surface area contributed by atoms with Crippen LogP contribution in [0.2, 0.25) is 0 Å². The molecule has 0 fully saturated rings. The second-order valence-corrected chi connectivity index (χ2v) is 4.31. The van der Waals surface area contributed by atoms with Crippen molar-refractivity contribution in [3.05, 3.63) is 27.5 Å². The number of thiophene rings is 1. The van der Waals surface area contributed by atoms with Gasteiger partial charge in [-0.2, -0.15) is 0 Å². The maximum atomic E-state index is 10.7. The first-order chi connectivity index (χ1) is 6.24. The van der Waals surface area contributed by atoms with E-state index in [1.54, 1.807) is 6.07 Å². The van der Waals surface area contributed by atoms with Gasteiger partial charge in [0.15, 0.2) is 6.29 Å². The molecule has 1 heterocycles. The van der Waals surface area contributed by atoms with Crippen LogP contribution in [0.4, 0.5) is 0 Å². The minimum atomic E-state index is 0.219. The molecule has 0 bridgehead atoms. The van der Waals surface area contributed by atoms with Crippen molar-refractivity contribution in [3.63, 3.8) is 0 Å². The van der Waals surface area contributed by atoms with Gasteiger partial charge in [0.2, 0.25) is 0 Å². The topological polar surface area (TPSA) is 37.3 Å². The number of aromatic hydroxyl groups is 1. The summed E-state index contributed by atoms with van der Waals surface area (Å²) in [6.07, 6.45) is 0.791. The van der Waals surface area contributed by atoms with Gasteiger partial charge >= 0.3 is 0 Å². The molecule has 0 aliphatic carbocycles. The van der Waals surface area contributed by atoms with E-state index in [2.05, 4.69) is 15.9 Å². The van der Waals surface area contributed by atoms with E-state index in [4.69, 9.17) is 0 Å². The maximum Gasteiger partial charge on any atom is 0.150 e. The Bertz CT molecular complexity index is 476. The van der Waals surface area contributed by atoms with Crippen molar-refractivity contribution >= 4 is 43.6 Å². The van der Waals surface area contributed by atoms with Crippen molar-refractivity contribution in [1.29, 1.82) is 0 Å². The Morgan fingerprint density at radius 3 is 2.92 bits per heavy atom. The minimum absolute atomic E-state index is 0.219. The number of carbonyl (C=O) groups excluding carboxylic acids is 1. The standard InChI is InChI=1S/C9H5BrO2S/c10-6-4-13-9-7(12)2-1-5(3-11)8(6)9/h1-4,12H. The first kappa shape index (κ1) is 8.72. The summed E-state index contributed by atoms with van der Waals surface area (Å²) in [5, 5.41) is 12.1. The van der Waals surface area contributed by atoms with Gasteiger partial charge in [-0.05, 0) is 28.1 Å². The predicted octanol–water partition coefficient (Wildman–Crippen LogP) is 3.18. The highest BCUT2D eigenvalue weighted by Gasteiger charge is 2.09. The van der Waals surface area contributed by atoms with Crippen LogP contribution in [0.15, 0.2) is 22.0 Å². The lowest BCUT2D eigenvalue weighted by atomic mass is 10.1. The number of rotatable bonds is 1. The average molecular weight is 257 g/mol. The summed E-state index contributed by atoms with van der Waals surface area (Å²) in [4.78, 5) is 10.7. The number of aldehydes is 1. The van der Waals surface area contributed by atoms with Crippen molar-refractivity contribution in [1.82, 2.24) is 0 Å². The summed E-state index contributed by atoms with van der Waals surface area (Å²) in [6.45, 7) is 0. The lowest BCUT2D eigenvalue weighted by Gasteiger charge is -1.97. The molecule has 0 saturated heterocycles. The molecule has 0 amide bonds. The number of fused-ring (bicyclic) bond motifs is 1. The molecule has 4 heteroatoms. The van der Waals surface area contributed by atoms with Crippen LogP contribution in [0.25, 0.3) is 10.1 Å². The van der Waals surface area contributed by atoms with E-state index in [-0.39, 0.29) is 5.75 Å². The van der Waals surface area contributed by atoms with Crippen molar-refractivity contribution in [2.24, 2.45) is 0 Å². The van der Waals surface area contributed by atoms with E-state index in [9.17, 15) is 9.90 Å². The van der Waals surface area contributed by atoms with Crippen LogP contribution in [-0.4, -0.2) is 11.4 Å². The SMILES string of the molecule is O=Cc1ccc(O)c2scc(Br)c12. The van der Waals surface area contributed by atoms with E-state index in [1.165, 1.54) is 17.4 Å². The molecule has 0 radical (unpaired) electrons. The fourth-order valence-electron chi connectivity index (χ4n) is 1.22. The van der Waals surface area contributed by atoms with Crippen molar-refractivity contribution in [2.45, 2.75) is 0 Å². The van der Waals surface area contributed by atoms with Crippen LogP contribution in [0.1, 0.15) is 10.4 Å². The van der Waals surface area contributed by atoms with Gasteiger partial charge in [0, 0.05) is 20.8 Å². The Labute approximate surface area is 86.9 Å². The van der Waals surface area contributed by atoms with E-state index in [1.807, 2.05) is 5.38 Å². The lowest BCUT2D eigenvalue weighted by Crippen LogP contribution is -1.80. The van der Waals surface area contributed by atoms with Gasteiger partial charge < -0.3 is 5.11 Å². The van der Waals surface area contributed by atoms with Gasteiger partial charge in [0.25, 0.3) is 0 Å². The summed E-state index contributed by atoms with van der Waals surface area (Å²) in [7, 11) is 0.